The van der Waals surface area contributed by atoms with Gasteiger partial charge in [0.2, 0.25) is 0 Å². The van der Waals surface area contributed by atoms with Gasteiger partial charge in [-0.05, 0) is 32.1 Å². The second-order valence-electron chi connectivity index (χ2n) is 5.34. The number of carbonyl (C=O) groups is 1. The van der Waals surface area contributed by atoms with Crippen molar-refractivity contribution >= 4 is 5.97 Å². The smallest absolute Gasteiger partial charge is 0.331 e. The molecule has 0 spiro atoms. The molecule has 1 saturated carbocycles. The summed E-state index contributed by atoms with van der Waals surface area (Å²) >= 11 is 0. The first kappa shape index (κ1) is 15.2. The summed E-state index contributed by atoms with van der Waals surface area (Å²) in [5.41, 5.74) is 0.510. The number of hydrogen-bond acceptors (Lipinski definition) is 2. The van der Waals surface area contributed by atoms with Gasteiger partial charge in [0.25, 0.3) is 0 Å². The first-order chi connectivity index (χ1) is 8.65. The summed E-state index contributed by atoms with van der Waals surface area (Å²) in [6, 6.07) is 0.492. The summed E-state index contributed by atoms with van der Waals surface area (Å²) in [6.07, 6.45) is 10.5. The Morgan fingerprint density at radius 1 is 1.33 bits per heavy atom. The lowest BCUT2D eigenvalue weighted by atomic mass is 9.93. The number of hydrogen-bond donors (Lipinski definition) is 2. The summed E-state index contributed by atoms with van der Waals surface area (Å²) < 4.78 is 0. The first-order valence-corrected chi connectivity index (χ1v) is 7.30. The van der Waals surface area contributed by atoms with Gasteiger partial charge in [0, 0.05) is 18.2 Å². The van der Waals surface area contributed by atoms with Crippen LogP contribution in [0.4, 0.5) is 0 Å². The average molecular weight is 253 g/mol. The Hall–Kier alpha value is -0.830. The van der Waals surface area contributed by atoms with Crippen LogP contribution in [-0.4, -0.2) is 23.7 Å². The van der Waals surface area contributed by atoms with Gasteiger partial charge in [-0.3, -0.25) is 0 Å². The topological polar surface area (TPSA) is 49.3 Å². The second-order valence-corrected chi connectivity index (χ2v) is 5.34. The van der Waals surface area contributed by atoms with Crippen LogP contribution in [0.15, 0.2) is 11.6 Å². The van der Waals surface area contributed by atoms with Crippen LogP contribution in [0.2, 0.25) is 0 Å². The fraction of sp³-hybridized carbons (Fsp3) is 0.800. The molecule has 0 heterocycles. The quantitative estimate of drug-likeness (QED) is 0.563. The molecule has 0 amide bonds. The Kier molecular flexibility index (Phi) is 7.02. The Balaban J connectivity index is 2.35. The number of nitrogens with one attached hydrogen (secondary N) is 1. The van der Waals surface area contributed by atoms with Gasteiger partial charge in [0.05, 0.1) is 0 Å². The van der Waals surface area contributed by atoms with Gasteiger partial charge in [-0.1, -0.05) is 38.7 Å². The van der Waals surface area contributed by atoms with Crippen molar-refractivity contribution in [3.05, 3.63) is 11.6 Å². The van der Waals surface area contributed by atoms with Gasteiger partial charge < -0.3 is 10.4 Å². The molecule has 1 aliphatic rings. The molecular weight excluding hydrogens is 226 g/mol. The molecule has 3 nitrogen and oxygen atoms in total. The molecular formula is C15H27NO2. The number of aliphatic carboxylic acids is 1. The van der Waals surface area contributed by atoms with E-state index in [2.05, 4.69) is 12.2 Å². The van der Waals surface area contributed by atoms with Crippen molar-refractivity contribution in [3.63, 3.8) is 0 Å². The Labute approximate surface area is 111 Å². The zero-order chi connectivity index (χ0) is 13.4. The van der Waals surface area contributed by atoms with Crippen LogP contribution in [-0.2, 0) is 4.79 Å². The minimum Gasteiger partial charge on any atom is -0.478 e. The van der Waals surface area contributed by atoms with Crippen LogP contribution in [0.25, 0.3) is 0 Å². The van der Waals surface area contributed by atoms with Gasteiger partial charge in [-0.15, -0.1) is 0 Å². The average Bonchev–Trinajstić information content (AvgIpc) is 2.62. The van der Waals surface area contributed by atoms with Crippen molar-refractivity contribution in [1.29, 1.82) is 0 Å². The summed E-state index contributed by atoms with van der Waals surface area (Å²) in [5.74, 6) is -0.0303. The van der Waals surface area contributed by atoms with Crippen LogP contribution in [0.1, 0.15) is 58.8 Å². The van der Waals surface area contributed by atoms with E-state index in [9.17, 15) is 4.79 Å². The highest BCUT2D eigenvalue weighted by Gasteiger charge is 2.18. The zero-order valence-corrected chi connectivity index (χ0v) is 11.7. The number of rotatable bonds is 6. The number of carboxylic acids is 1. The van der Waals surface area contributed by atoms with Crippen LogP contribution in [0.3, 0.4) is 0 Å². The molecule has 1 atom stereocenters. The maximum atomic E-state index is 10.9. The van der Waals surface area contributed by atoms with Gasteiger partial charge in [-0.2, -0.15) is 0 Å². The molecule has 3 heteroatoms. The van der Waals surface area contributed by atoms with Crippen molar-refractivity contribution in [3.8, 4) is 0 Å². The van der Waals surface area contributed by atoms with Crippen LogP contribution < -0.4 is 5.32 Å². The molecule has 104 valence electrons. The highest BCUT2D eigenvalue weighted by Crippen LogP contribution is 2.25. The molecule has 18 heavy (non-hydrogen) atoms. The van der Waals surface area contributed by atoms with Crippen molar-refractivity contribution in [1.82, 2.24) is 5.32 Å². The van der Waals surface area contributed by atoms with Crippen molar-refractivity contribution in [2.45, 2.75) is 64.8 Å². The number of carboxylic acid groups (broad SMARTS) is 1. The predicted octanol–water partition coefficient (Wildman–Crippen LogP) is 3.36. The molecule has 0 bridgehead atoms. The molecule has 0 aromatic carbocycles. The van der Waals surface area contributed by atoms with Crippen LogP contribution >= 0.6 is 0 Å². The summed E-state index contributed by atoms with van der Waals surface area (Å²) in [4.78, 5) is 10.9. The standard InChI is InChI=1S/C15H27NO2/c1-3-13(15(17)18)10-11-16-12(2)14-8-6-4-5-7-9-14/h10,12,14,16H,3-9,11H2,1-2H3,(H,17,18)/t12-/m1/s1. The van der Waals surface area contributed by atoms with Gasteiger partial charge >= 0.3 is 5.97 Å². The Morgan fingerprint density at radius 3 is 2.44 bits per heavy atom. The predicted molar refractivity (Wildman–Crippen MR) is 74.7 cm³/mol. The normalized spacial score (nSPS) is 20.4. The van der Waals surface area contributed by atoms with Gasteiger partial charge in [-0.25, -0.2) is 4.79 Å². The summed E-state index contributed by atoms with van der Waals surface area (Å²) in [5, 5.41) is 12.4. The van der Waals surface area contributed by atoms with E-state index in [0.717, 1.165) is 5.92 Å². The highest BCUT2D eigenvalue weighted by atomic mass is 16.4. The molecule has 0 aromatic heterocycles. The molecule has 2 N–H and O–H groups in total. The minimum absolute atomic E-state index is 0.492. The molecule has 1 aliphatic carbocycles. The molecule has 0 aromatic rings. The maximum absolute atomic E-state index is 10.9. The van der Waals surface area contributed by atoms with E-state index in [0.29, 0.717) is 24.6 Å². The lowest BCUT2D eigenvalue weighted by molar-refractivity contribution is -0.132. The summed E-state index contributed by atoms with van der Waals surface area (Å²) in [6.45, 7) is 4.79. The lowest BCUT2D eigenvalue weighted by Crippen LogP contribution is -2.33. The van der Waals surface area contributed by atoms with Crippen molar-refractivity contribution < 1.29 is 9.90 Å². The van der Waals surface area contributed by atoms with Crippen LogP contribution in [0, 0.1) is 5.92 Å². The largest absolute Gasteiger partial charge is 0.478 e. The van der Waals surface area contributed by atoms with E-state index >= 15 is 0 Å². The zero-order valence-electron chi connectivity index (χ0n) is 11.7. The Morgan fingerprint density at radius 2 is 1.94 bits per heavy atom. The lowest BCUT2D eigenvalue weighted by Gasteiger charge is -2.23. The third-order valence-electron chi connectivity index (χ3n) is 4.05. The SMILES string of the molecule is CCC(=CCN[C@H](C)C1CCCCCC1)C(=O)O. The van der Waals surface area contributed by atoms with E-state index in [-0.39, 0.29) is 0 Å². The first-order valence-electron chi connectivity index (χ1n) is 7.30. The maximum Gasteiger partial charge on any atom is 0.331 e. The minimum atomic E-state index is -0.790. The van der Waals surface area contributed by atoms with E-state index in [1.807, 2.05) is 13.0 Å². The van der Waals surface area contributed by atoms with Crippen molar-refractivity contribution in [2.75, 3.05) is 6.54 Å². The molecule has 1 rings (SSSR count). The molecule has 0 unspecified atom stereocenters. The Bertz CT molecular complexity index is 278. The second kappa shape index (κ2) is 8.30. The van der Waals surface area contributed by atoms with E-state index in [4.69, 9.17) is 5.11 Å². The molecule has 0 radical (unpaired) electrons. The fourth-order valence-corrected chi connectivity index (χ4v) is 2.73. The van der Waals surface area contributed by atoms with Gasteiger partial charge in [0.1, 0.15) is 0 Å². The molecule has 0 saturated heterocycles. The fourth-order valence-electron chi connectivity index (χ4n) is 2.73. The molecule has 0 aliphatic heterocycles. The highest BCUT2D eigenvalue weighted by molar-refractivity contribution is 5.86. The van der Waals surface area contributed by atoms with E-state index in [1.54, 1.807) is 0 Å². The third-order valence-corrected chi connectivity index (χ3v) is 4.05. The molecule has 1 fully saturated rings. The van der Waals surface area contributed by atoms with E-state index in [1.165, 1.54) is 38.5 Å². The third kappa shape index (κ3) is 5.21. The summed E-state index contributed by atoms with van der Waals surface area (Å²) in [7, 11) is 0. The van der Waals surface area contributed by atoms with Crippen molar-refractivity contribution in [2.24, 2.45) is 5.92 Å². The monoisotopic (exact) mass is 253 g/mol. The van der Waals surface area contributed by atoms with E-state index < -0.39 is 5.97 Å². The van der Waals surface area contributed by atoms with Gasteiger partial charge in [0.15, 0.2) is 0 Å². The van der Waals surface area contributed by atoms with Crippen LogP contribution in [0.5, 0.6) is 0 Å².